The van der Waals surface area contributed by atoms with Crippen LogP contribution in [0.15, 0.2) is 91.0 Å². The van der Waals surface area contributed by atoms with E-state index in [1.54, 1.807) is 13.0 Å². The van der Waals surface area contributed by atoms with Crippen LogP contribution >= 0.6 is 0 Å². The van der Waals surface area contributed by atoms with Gasteiger partial charge in [0.1, 0.15) is 5.69 Å². The second-order valence-corrected chi connectivity index (χ2v) is 8.45. The van der Waals surface area contributed by atoms with Crippen molar-refractivity contribution >= 4 is 34.1 Å². The van der Waals surface area contributed by atoms with Gasteiger partial charge >= 0.3 is 0 Å². The van der Waals surface area contributed by atoms with E-state index >= 15 is 0 Å². The first-order chi connectivity index (χ1) is 16.0. The van der Waals surface area contributed by atoms with Crippen molar-refractivity contribution in [3.63, 3.8) is 0 Å². The maximum Gasteiger partial charge on any atom is 0.277 e. The summed E-state index contributed by atoms with van der Waals surface area (Å²) in [7, 11) is 0. The van der Waals surface area contributed by atoms with Crippen molar-refractivity contribution in [2.75, 3.05) is 9.80 Å². The van der Waals surface area contributed by atoms with Crippen molar-refractivity contribution in [3.8, 4) is 0 Å². The molecule has 0 aliphatic carbocycles. The lowest BCUT2D eigenvalue weighted by Crippen LogP contribution is -2.47. The fraction of sp³-hybridized carbons (Fsp3) is 0.179. The topological polar surface area (TPSA) is 53.5 Å². The zero-order chi connectivity index (χ0) is 22.9. The summed E-state index contributed by atoms with van der Waals surface area (Å²) in [5.41, 5.74) is 3.85. The molecule has 0 saturated heterocycles. The van der Waals surface area contributed by atoms with Gasteiger partial charge in [0.25, 0.3) is 5.91 Å². The van der Waals surface area contributed by atoms with E-state index in [-0.39, 0.29) is 23.9 Å². The summed E-state index contributed by atoms with van der Waals surface area (Å²) in [5, 5.41) is 1.00. The molecule has 0 N–H and O–H groups in total. The quantitative estimate of drug-likeness (QED) is 0.411. The molecule has 5 nitrogen and oxygen atoms in total. The van der Waals surface area contributed by atoms with E-state index in [4.69, 9.17) is 0 Å². The lowest BCUT2D eigenvalue weighted by atomic mass is 9.89. The average molecular weight is 436 g/mol. The normalized spacial score (nSPS) is 17.5. The van der Waals surface area contributed by atoms with Gasteiger partial charge in [0.15, 0.2) is 0 Å². The average Bonchev–Trinajstić information content (AvgIpc) is 2.84. The van der Waals surface area contributed by atoms with Gasteiger partial charge < -0.3 is 9.80 Å². The zero-order valence-electron chi connectivity index (χ0n) is 18.7. The number of anilines is 2. The van der Waals surface area contributed by atoms with Crippen LogP contribution in [-0.4, -0.2) is 22.8 Å². The smallest absolute Gasteiger partial charge is 0.277 e. The maximum atomic E-state index is 13.7. The van der Waals surface area contributed by atoms with Gasteiger partial charge in [0, 0.05) is 29.7 Å². The number of aromatic nitrogens is 1. The molecule has 33 heavy (non-hydrogen) atoms. The van der Waals surface area contributed by atoms with Crippen LogP contribution < -0.4 is 9.80 Å². The highest BCUT2D eigenvalue weighted by Crippen LogP contribution is 2.42. The molecule has 1 aliphatic heterocycles. The number of nitrogens with zero attached hydrogens (tertiary/aromatic N) is 3. The maximum absolute atomic E-state index is 13.7. The summed E-state index contributed by atoms with van der Waals surface area (Å²) in [5.74, 6) is -0.155. The van der Waals surface area contributed by atoms with Gasteiger partial charge in [-0.25, -0.2) is 4.98 Å². The highest BCUT2D eigenvalue weighted by Gasteiger charge is 2.38. The number of carbonyl (C=O) groups is 2. The Labute approximate surface area is 193 Å². The molecule has 0 radical (unpaired) electrons. The van der Waals surface area contributed by atoms with Gasteiger partial charge in [-0.2, -0.15) is 0 Å². The first-order valence-corrected chi connectivity index (χ1v) is 11.2. The van der Waals surface area contributed by atoms with Crippen LogP contribution in [0.3, 0.4) is 0 Å². The molecule has 2 heterocycles. The molecule has 0 saturated carbocycles. The fourth-order valence-corrected chi connectivity index (χ4v) is 4.81. The minimum atomic E-state index is -0.162. The number of hydrogen-bond acceptors (Lipinski definition) is 3. The van der Waals surface area contributed by atoms with Crippen LogP contribution in [0.1, 0.15) is 42.4 Å². The summed E-state index contributed by atoms with van der Waals surface area (Å²) < 4.78 is 0. The number of benzene rings is 3. The molecular formula is C28H25N3O2. The second-order valence-electron chi connectivity index (χ2n) is 8.45. The van der Waals surface area contributed by atoms with E-state index in [1.807, 2.05) is 102 Å². The Morgan fingerprint density at radius 2 is 1.58 bits per heavy atom. The summed E-state index contributed by atoms with van der Waals surface area (Å²) in [6.07, 6.45) is 0.630. The van der Waals surface area contributed by atoms with Crippen molar-refractivity contribution in [2.24, 2.45) is 0 Å². The molecule has 3 aromatic carbocycles. The monoisotopic (exact) mass is 435 g/mol. The molecule has 2 amide bonds. The molecule has 164 valence electrons. The number of hydrogen-bond donors (Lipinski definition) is 0. The Hall–Kier alpha value is -3.99. The molecule has 5 rings (SSSR count). The van der Waals surface area contributed by atoms with Crippen molar-refractivity contribution in [2.45, 2.75) is 32.4 Å². The van der Waals surface area contributed by atoms with E-state index < -0.39 is 0 Å². The molecule has 2 atom stereocenters. The molecule has 0 spiro atoms. The summed E-state index contributed by atoms with van der Waals surface area (Å²) >= 11 is 0. The summed E-state index contributed by atoms with van der Waals surface area (Å²) in [6.45, 7) is 3.63. The first-order valence-electron chi connectivity index (χ1n) is 11.2. The third kappa shape index (κ3) is 3.76. The minimum Gasteiger partial charge on any atom is -0.305 e. The fourth-order valence-electron chi connectivity index (χ4n) is 4.81. The van der Waals surface area contributed by atoms with E-state index in [2.05, 4.69) is 4.98 Å². The molecular weight excluding hydrogens is 410 g/mol. The van der Waals surface area contributed by atoms with Gasteiger partial charge in [0.05, 0.1) is 11.6 Å². The lowest BCUT2D eigenvalue weighted by Gasteiger charge is -2.43. The standard InChI is InChI=1S/C28H25N3O2/c1-19-18-27(31(20(2)32)22-11-4-3-5-12-22)23-13-7-9-15-26(23)30(19)28(33)25-17-16-21-10-6-8-14-24(21)29-25/h3-17,19,27H,18H2,1-2H3/t19-,27+/m0/s1. The largest absolute Gasteiger partial charge is 0.305 e. The van der Waals surface area contributed by atoms with E-state index in [9.17, 15) is 9.59 Å². The van der Waals surface area contributed by atoms with Crippen LogP contribution in [0, 0.1) is 0 Å². The zero-order valence-corrected chi connectivity index (χ0v) is 18.7. The van der Waals surface area contributed by atoms with E-state index in [0.29, 0.717) is 12.1 Å². The van der Waals surface area contributed by atoms with Gasteiger partial charge in [0.2, 0.25) is 5.91 Å². The van der Waals surface area contributed by atoms with Gasteiger partial charge in [-0.1, -0.05) is 60.7 Å². The Morgan fingerprint density at radius 1 is 0.879 bits per heavy atom. The molecule has 5 heteroatoms. The second kappa shape index (κ2) is 8.51. The Morgan fingerprint density at radius 3 is 2.36 bits per heavy atom. The first kappa shape index (κ1) is 20.9. The minimum absolute atomic E-state index is 0.0239. The van der Waals surface area contributed by atoms with Crippen LogP contribution in [0.25, 0.3) is 10.9 Å². The number of rotatable bonds is 3. The summed E-state index contributed by atoms with van der Waals surface area (Å²) in [6, 6.07) is 28.8. The van der Waals surface area contributed by atoms with Crippen molar-refractivity contribution in [1.29, 1.82) is 0 Å². The van der Waals surface area contributed by atoms with Crippen LogP contribution in [0.2, 0.25) is 0 Å². The predicted octanol–water partition coefficient (Wildman–Crippen LogP) is 5.77. The van der Waals surface area contributed by atoms with Gasteiger partial charge in [-0.3, -0.25) is 9.59 Å². The number of fused-ring (bicyclic) bond motifs is 2. The van der Waals surface area contributed by atoms with Crippen molar-refractivity contribution in [3.05, 3.63) is 102 Å². The highest BCUT2D eigenvalue weighted by atomic mass is 16.2. The molecule has 0 unspecified atom stereocenters. The number of amides is 2. The van der Waals surface area contributed by atoms with Crippen LogP contribution in [0.5, 0.6) is 0 Å². The third-order valence-corrected chi connectivity index (χ3v) is 6.28. The Bertz CT molecular complexity index is 1340. The Kier molecular flexibility index (Phi) is 5.38. The van der Waals surface area contributed by atoms with E-state index in [0.717, 1.165) is 27.8 Å². The SMILES string of the molecule is CC(=O)N(c1ccccc1)[C@@H]1C[C@H](C)N(C(=O)c2ccc3ccccc3n2)c2ccccc21. The number of carbonyl (C=O) groups excluding carboxylic acids is 2. The lowest BCUT2D eigenvalue weighted by molar-refractivity contribution is -0.117. The predicted molar refractivity (Wildman–Crippen MR) is 131 cm³/mol. The number of pyridine rings is 1. The summed E-state index contributed by atoms with van der Waals surface area (Å²) in [4.78, 5) is 34.7. The highest BCUT2D eigenvalue weighted by molar-refractivity contribution is 6.07. The van der Waals surface area contributed by atoms with Crippen LogP contribution in [-0.2, 0) is 4.79 Å². The molecule has 1 aromatic heterocycles. The van der Waals surface area contributed by atoms with Crippen molar-refractivity contribution < 1.29 is 9.59 Å². The molecule has 4 aromatic rings. The van der Waals surface area contributed by atoms with E-state index in [1.165, 1.54) is 0 Å². The van der Waals surface area contributed by atoms with Gasteiger partial charge in [-0.05, 0) is 49.2 Å². The van der Waals surface area contributed by atoms with Crippen LogP contribution in [0.4, 0.5) is 11.4 Å². The molecule has 0 fully saturated rings. The third-order valence-electron chi connectivity index (χ3n) is 6.28. The Balaban J connectivity index is 1.57. The molecule has 1 aliphatic rings. The number of para-hydroxylation sites is 3. The van der Waals surface area contributed by atoms with Crippen molar-refractivity contribution in [1.82, 2.24) is 4.98 Å². The van der Waals surface area contributed by atoms with Gasteiger partial charge in [-0.15, -0.1) is 0 Å². The molecule has 0 bridgehead atoms.